The second-order valence-electron chi connectivity index (χ2n) is 11.6. The summed E-state index contributed by atoms with van der Waals surface area (Å²) in [6, 6.07) is 0. The van der Waals surface area contributed by atoms with Gasteiger partial charge in [-0.15, -0.1) is 0 Å². The van der Waals surface area contributed by atoms with E-state index in [9.17, 15) is 29.7 Å². The number of unbranched alkanes of at least 4 members (excludes halogenated alkanes) is 4. The minimum atomic E-state index is -2.01. The van der Waals surface area contributed by atoms with E-state index in [4.69, 9.17) is 0 Å². The molecule has 0 aliphatic carbocycles. The minimum Gasteiger partial charge on any atom is -0.394 e. The first-order valence-electron chi connectivity index (χ1n) is 14.5. The molecule has 0 aliphatic heterocycles. The van der Waals surface area contributed by atoms with Crippen molar-refractivity contribution < 1.29 is 29.7 Å². The summed E-state index contributed by atoms with van der Waals surface area (Å²) in [5.74, 6) is -2.46. The molecule has 0 saturated heterocycles. The van der Waals surface area contributed by atoms with Crippen LogP contribution in [0.2, 0.25) is 0 Å². The van der Waals surface area contributed by atoms with Crippen molar-refractivity contribution in [1.82, 2.24) is 0 Å². The molecule has 0 rings (SSSR count). The Kier molecular flexibility index (Phi) is 17.6. The zero-order valence-corrected chi connectivity index (χ0v) is 24.2. The monoisotopic (exact) mass is 512 g/mol. The number of aliphatic hydroxyl groups excluding tert-OH is 3. The lowest BCUT2D eigenvalue weighted by Gasteiger charge is -2.38. The Hall–Kier alpha value is -1.11. The topological polar surface area (TPSA) is 112 Å². The van der Waals surface area contributed by atoms with Crippen LogP contribution < -0.4 is 0 Å². The lowest BCUT2D eigenvalue weighted by atomic mass is 9.62. The fourth-order valence-electron chi connectivity index (χ4n) is 5.20. The average Bonchev–Trinajstić information content (AvgIpc) is 2.84. The smallest absolute Gasteiger partial charge is 0.185 e. The van der Waals surface area contributed by atoms with Gasteiger partial charge in [-0.1, -0.05) is 106 Å². The van der Waals surface area contributed by atoms with Crippen molar-refractivity contribution in [3.05, 3.63) is 0 Å². The summed E-state index contributed by atoms with van der Waals surface area (Å²) in [5, 5.41) is 30.3. The third kappa shape index (κ3) is 10.7. The summed E-state index contributed by atoms with van der Waals surface area (Å²) in [5.41, 5.74) is -2.01. The number of carbonyl (C=O) groups excluding carboxylic acids is 3. The summed E-state index contributed by atoms with van der Waals surface area (Å²) < 4.78 is 0. The van der Waals surface area contributed by atoms with Crippen LogP contribution in [0.3, 0.4) is 0 Å². The van der Waals surface area contributed by atoms with E-state index in [0.717, 1.165) is 57.8 Å². The largest absolute Gasteiger partial charge is 0.394 e. The number of hydrogen-bond acceptors (Lipinski definition) is 6. The van der Waals surface area contributed by atoms with Gasteiger partial charge in [0.1, 0.15) is 17.6 Å². The van der Waals surface area contributed by atoms with Gasteiger partial charge in [0.05, 0.1) is 6.61 Å². The van der Waals surface area contributed by atoms with Crippen LogP contribution in [0.15, 0.2) is 0 Å². The van der Waals surface area contributed by atoms with E-state index in [-0.39, 0.29) is 12.3 Å². The Morgan fingerprint density at radius 1 is 0.667 bits per heavy atom. The molecule has 0 aliphatic rings. The molecule has 0 fully saturated rings. The van der Waals surface area contributed by atoms with Gasteiger partial charge in [0.25, 0.3) is 0 Å². The zero-order valence-electron chi connectivity index (χ0n) is 24.2. The van der Waals surface area contributed by atoms with Crippen LogP contribution in [0.5, 0.6) is 0 Å². The van der Waals surface area contributed by atoms with E-state index in [1.165, 1.54) is 0 Å². The number of rotatable bonds is 22. The lowest BCUT2D eigenvalue weighted by molar-refractivity contribution is -0.161. The van der Waals surface area contributed by atoms with Crippen LogP contribution in [0.25, 0.3) is 0 Å². The quantitative estimate of drug-likeness (QED) is 0.127. The fourth-order valence-corrected chi connectivity index (χ4v) is 5.20. The Balaban J connectivity index is 6.48. The number of ketones is 3. The van der Waals surface area contributed by atoms with Crippen molar-refractivity contribution in [3.8, 4) is 0 Å². The summed E-state index contributed by atoms with van der Waals surface area (Å²) in [4.78, 5) is 42.1. The highest BCUT2D eigenvalue weighted by Gasteiger charge is 2.56. The highest BCUT2D eigenvalue weighted by Crippen LogP contribution is 2.40. The third-order valence-electron chi connectivity index (χ3n) is 7.59. The molecule has 6 atom stereocenters. The molecule has 3 N–H and O–H groups in total. The molecular formula is C30H56O6. The molecule has 0 heterocycles. The second-order valence-corrected chi connectivity index (χ2v) is 11.6. The van der Waals surface area contributed by atoms with Gasteiger partial charge in [-0.05, 0) is 31.1 Å². The van der Waals surface area contributed by atoms with Gasteiger partial charge in [-0.3, -0.25) is 14.4 Å². The van der Waals surface area contributed by atoms with Crippen molar-refractivity contribution >= 4 is 17.3 Å². The molecule has 0 aromatic heterocycles. The van der Waals surface area contributed by atoms with Crippen molar-refractivity contribution in [1.29, 1.82) is 0 Å². The summed E-state index contributed by atoms with van der Waals surface area (Å²) >= 11 is 0. The van der Waals surface area contributed by atoms with Gasteiger partial charge >= 0.3 is 0 Å². The predicted molar refractivity (Wildman–Crippen MR) is 146 cm³/mol. The molecular weight excluding hydrogens is 456 g/mol. The molecule has 36 heavy (non-hydrogen) atoms. The van der Waals surface area contributed by atoms with Crippen molar-refractivity contribution in [2.24, 2.45) is 29.1 Å². The average molecular weight is 513 g/mol. The molecule has 0 spiro atoms. The molecule has 212 valence electrons. The Morgan fingerprint density at radius 2 is 1.14 bits per heavy atom. The lowest BCUT2D eigenvalue weighted by Crippen LogP contribution is -2.57. The number of aliphatic hydroxyl groups is 3. The second kappa shape index (κ2) is 18.2. The predicted octanol–water partition coefficient (Wildman–Crippen LogP) is 5.68. The SMILES string of the molecule is CCCCCC(C)CC(C(=O)C(C)CCCCC)(C(=O)C(C)CCCC(C)C)C(=O)C(O)C(O)CO. The Morgan fingerprint density at radius 3 is 1.58 bits per heavy atom. The Labute approximate surface area is 220 Å². The van der Waals surface area contributed by atoms with Crippen LogP contribution >= 0.6 is 0 Å². The van der Waals surface area contributed by atoms with Crippen LogP contribution in [-0.2, 0) is 14.4 Å². The molecule has 0 bridgehead atoms. The molecule has 0 aromatic carbocycles. The molecule has 6 unspecified atom stereocenters. The molecule has 0 saturated carbocycles. The number of hydrogen-bond donors (Lipinski definition) is 3. The molecule has 0 radical (unpaired) electrons. The van der Waals surface area contributed by atoms with Gasteiger partial charge < -0.3 is 15.3 Å². The maximum Gasteiger partial charge on any atom is 0.185 e. The van der Waals surface area contributed by atoms with Crippen LogP contribution in [0, 0.1) is 29.1 Å². The number of Topliss-reactive ketones (excluding diaryl/α,β-unsaturated/α-hetero) is 3. The van der Waals surface area contributed by atoms with Gasteiger partial charge in [0.15, 0.2) is 17.3 Å². The zero-order chi connectivity index (χ0) is 27.9. The highest BCUT2D eigenvalue weighted by atomic mass is 16.4. The summed E-state index contributed by atoms with van der Waals surface area (Å²) in [6.45, 7) is 13.1. The van der Waals surface area contributed by atoms with Crippen molar-refractivity contribution in [2.75, 3.05) is 6.61 Å². The van der Waals surface area contributed by atoms with Crippen molar-refractivity contribution in [2.45, 2.75) is 138 Å². The molecule has 0 aromatic rings. The van der Waals surface area contributed by atoms with Gasteiger partial charge in [0.2, 0.25) is 0 Å². The highest BCUT2D eigenvalue weighted by molar-refractivity contribution is 6.26. The van der Waals surface area contributed by atoms with E-state index in [0.29, 0.717) is 18.8 Å². The first-order valence-corrected chi connectivity index (χ1v) is 14.5. The normalized spacial score (nSPS) is 17.8. The van der Waals surface area contributed by atoms with Crippen LogP contribution in [0.1, 0.15) is 126 Å². The minimum absolute atomic E-state index is 0.0368. The van der Waals surface area contributed by atoms with E-state index < -0.39 is 53.4 Å². The maximum atomic E-state index is 14.1. The van der Waals surface area contributed by atoms with Gasteiger partial charge in [-0.2, -0.15) is 0 Å². The van der Waals surface area contributed by atoms with E-state index in [2.05, 4.69) is 27.7 Å². The van der Waals surface area contributed by atoms with Crippen LogP contribution in [-0.4, -0.2) is 51.5 Å². The van der Waals surface area contributed by atoms with Crippen LogP contribution in [0.4, 0.5) is 0 Å². The molecule has 6 nitrogen and oxygen atoms in total. The molecule has 6 heteroatoms. The van der Waals surface area contributed by atoms with E-state index in [1.807, 2.05) is 6.92 Å². The standard InChI is InChI=1S/C30H56O6/c1-8-10-12-16-22(5)19-30(29(36)26(33)25(32)20-31,27(34)23(6)17-13-11-9-2)28(35)24(7)18-14-15-21(3)4/h21-26,31-33H,8-20H2,1-7H3. The van der Waals surface area contributed by atoms with Gasteiger partial charge in [-0.25, -0.2) is 0 Å². The van der Waals surface area contributed by atoms with E-state index >= 15 is 0 Å². The summed E-state index contributed by atoms with van der Waals surface area (Å²) in [7, 11) is 0. The Bertz CT molecular complexity index is 645. The van der Waals surface area contributed by atoms with Crippen molar-refractivity contribution in [3.63, 3.8) is 0 Å². The van der Waals surface area contributed by atoms with E-state index in [1.54, 1.807) is 13.8 Å². The van der Waals surface area contributed by atoms with Gasteiger partial charge in [0, 0.05) is 11.8 Å². The third-order valence-corrected chi connectivity index (χ3v) is 7.59. The first-order chi connectivity index (χ1) is 16.9. The first kappa shape index (κ1) is 34.9. The summed E-state index contributed by atoms with van der Waals surface area (Å²) in [6.07, 6.45) is 5.73. The fraction of sp³-hybridized carbons (Fsp3) is 0.900. The molecule has 0 amide bonds. The number of carbonyl (C=O) groups is 3. The maximum absolute atomic E-state index is 14.1.